The van der Waals surface area contributed by atoms with Crippen LogP contribution in [0.2, 0.25) is 0 Å². The number of anilines is 1. The van der Waals surface area contributed by atoms with Crippen LogP contribution in [0.1, 0.15) is 35.8 Å². The maximum absolute atomic E-state index is 12.3. The second kappa shape index (κ2) is 7.41. The van der Waals surface area contributed by atoms with Gasteiger partial charge in [0.25, 0.3) is 0 Å². The van der Waals surface area contributed by atoms with Gasteiger partial charge in [0.05, 0.1) is 4.58 Å². The highest BCUT2D eigenvalue weighted by Gasteiger charge is 2.20. The number of nitrogens with one attached hydrogen (secondary N) is 1. The summed E-state index contributed by atoms with van der Waals surface area (Å²) in [6, 6.07) is 8.38. The van der Waals surface area contributed by atoms with Crippen molar-refractivity contribution in [2.75, 3.05) is 16.8 Å². The van der Waals surface area contributed by atoms with Gasteiger partial charge in [-0.2, -0.15) is 0 Å². The van der Waals surface area contributed by atoms with E-state index in [-0.39, 0.29) is 11.8 Å². The molecule has 0 aromatic heterocycles. The normalized spacial score (nSPS) is 23.0. The number of amides is 1. The van der Waals surface area contributed by atoms with Gasteiger partial charge in [0.2, 0.25) is 5.91 Å². The first kappa shape index (κ1) is 15.0. The fourth-order valence-corrected chi connectivity index (χ4v) is 5.59. The number of allylic oxidation sites excluding steroid dienone is 2. The van der Waals surface area contributed by atoms with Crippen LogP contribution < -0.4 is 5.32 Å². The van der Waals surface area contributed by atoms with E-state index in [4.69, 9.17) is 0 Å². The third-order valence-electron chi connectivity index (χ3n) is 3.89. The van der Waals surface area contributed by atoms with E-state index < -0.39 is 0 Å². The third-order valence-corrected chi connectivity index (χ3v) is 6.91. The van der Waals surface area contributed by atoms with Crippen LogP contribution in [0.3, 0.4) is 0 Å². The van der Waals surface area contributed by atoms with Gasteiger partial charge in [-0.3, -0.25) is 4.79 Å². The van der Waals surface area contributed by atoms with E-state index in [1.54, 1.807) is 0 Å². The van der Waals surface area contributed by atoms with Crippen molar-refractivity contribution in [2.45, 2.75) is 30.3 Å². The van der Waals surface area contributed by atoms with Crippen LogP contribution in [0.25, 0.3) is 0 Å². The summed E-state index contributed by atoms with van der Waals surface area (Å²) in [5, 5.41) is 3.10. The lowest BCUT2D eigenvalue weighted by Crippen LogP contribution is -2.23. The molecule has 1 aliphatic carbocycles. The standard InChI is InChI=1S/C17H21NOS2/c19-16(13-6-2-1-3-7-13)18-15-9-4-8-14(12-15)17-20-10-5-11-21-17/h1-2,4,8-9,12-13,17H,3,5-7,10-11H2,(H,18,19). The molecule has 2 nitrogen and oxygen atoms in total. The summed E-state index contributed by atoms with van der Waals surface area (Å²) in [6.45, 7) is 0. The molecule has 21 heavy (non-hydrogen) atoms. The summed E-state index contributed by atoms with van der Waals surface area (Å²) >= 11 is 4.03. The fourth-order valence-electron chi connectivity index (χ4n) is 2.72. The Kier molecular flexibility index (Phi) is 5.31. The first-order valence-corrected chi connectivity index (χ1v) is 9.72. The molecule has 1 unspecified atom stereocenters. The smallest absolute Gasteiger partial charge is 0.227 e. The van der Waals surface area contributed by atoms with Crippen LogP contribution in [0.4, 0.5) is 5.69 Å². The summed E-state index contributed by atoms with van der Waals surface area (Å²) in [7, 11) is 0. The van der Waals surface area contributed by atoms with Crippen LogP contribution in [0.15, 0.2) is 36.4 Å². The van der Waals surface area contributed by atoms with Gasteiger partial charge in [-0.15, -0.1) is 23.5 Å². The minimum absolute atomic E-state index is 0.136. The number of benzene rings is 1. The molecular formula is C17H21NOS2. The van der Waals surface area contributed by atoms with Crippen molar-refractivity contribution in [3.8, 4) is 0 Å². The maximum Gasteiger partial charge on any atom is 0.227 e. The van der Waals surface area contributed by atoms with Crippen molar-refractivity contribution in [1.29, 1.82) is 0 Å². The van der Waals surface area contributed by atoms with Gasteiger partial charge in [0, 0.05) is 11.6 Å². The van der Waals surface area contributed by atoms with Gasteiger partial charge in [0.1, 0.15) is 0 Å². The first-order chi connectivity index (χ1) is 10.3. The molecule has 0 saturated carbocycles. The van der Waals surface area contributed by atoms with Crippen molar-refractivity contribution in [3.05, 3.63) is 42.0 Å². The van der Waals surface area contributed by atoms with E-state index in [0.717, 1.165) is 24.9 Å². The molecule has 1 fully saturated rings. The Morgan fingerprint density at radius 2 is 2.05 bits per heavy atom. The van der Waals surface area contributed by atoms with Gasteiger partial charge in [0.15, 0.2) is 0 Å². The van der Waals surface area contributed by atoms with E-state index in [0.29, 0.717) is 4.58 Å². The number of carbonyl (C=O) groups is 1. The minimum Gasteiger partial charge on any atom is -0.326 e. The first-order valence-electron chi connectivity index (χ1n) is 7.62. The van der Waals surface area contributed by atoms with E-state index in [2.05, 4.69) is 35.7 Å². The van der Waals surface area contributed by atoms with Gasteiger partial charge in [-0.05, 0) is 54.9 Å². The Morgan fingerprint density at radius 1 is 1.19 bits per heavy atom. The van der Waals surface area contributed by atoms with Crippen LogP contribution in [-0.2, 0) is 4.79 Å². The largest absolute Gasteiger partial charge is 0.326 e. The number of rotatable bonds is 3. The molecule has 1 heterocycles. The summed E-state index contributed by atoms with van der Waals surface area (Å²) in [5.74, 6) is 2.78. The summed E-state index contributed by atoms with van der Waals surface area (Å²) in [6.07, 6.45) is 8.46. The molecule has 1 aromatic carbocycles. The fraction of sp³-hybridized carbons (Fsp3) is 0.471. The number of hydrogen-bond donors (Lipinski definition) is 1. The van der Waals surface area contributed by atoms with Crippen molar-refractivity contribution >= 4 is 35.1 Å². The summed E-state index contributed by atoms with van der Waals surface area (Å²) in [4.78, 5) is 12.3. The molecule has 1 aliphatic heterocycles. The molecule has 1 aromatic rings. The topological polar surface area (TPSA) is 29.1 Å². The SMILES string of the molecule is O=C(Nc1cccc(C2SCCCS2)c1)C1CC=CCC1. The average Bonchev–Trinajstić information content (AvgIpc) is 2.57. The third kappa shape index (κ3) is 4.07. The van der Waals surface area contributed by atoms with E-state index >= 15 is 0 Å². The maximum atomic E-state index is 12.3. The summed E-state index contributed by atoms with van der Waals surface area (Å²) in [5.41, 5.74) is 2.27. The lowest BCUT2D eigenvalue weighted by Gasteiger charge is -2.22. The van der Waals surface area contributed by atoms with E-state index in [9.17, 15) is 4.79 Å². The Bertz CT molecular complexity index is 523. The van der Waals surface area contributed by atoms with Crippen LogP contribution >= 0.6 is 23.5 Å². The Labute approximate surface area is 135 Å². The zero-order valence-corrected chi connectivity index (χ0v) is 13.7. The molecule has 2 aliphatic rings. The Hall–Kier alpha value is -0.870. The zero-order chi connectivity index (χ0) is 14.5. The molecule has 3 rings (SSSR count). The number of thioether (sulfide) groups is 2. The molecule has 0 bridgehead atoms. The molecule has 1 amide bonds. The highest BCUT2D eigenvalue weighted by atomic mass is 32.2. The quantitative estimate of drug-likeness (QED) is 0.808. The van der Waals surface area contributed by atoms with Gasteiger partial charge in [-0.25, -0.2) is 0 Å². The highest BCUT2D eigenvalue weighted by Crippen LogP contribution is 2.44. The van der Waals surface area contributed by atoms with Crippen molar-refractivity contribution in [2.24, 2.45) is 5.92 Å². The van der Waals surface area contributed by atoms with Gasteiger partial charge in [-0.1, -0.05) is 24.3 Å². The van der Waals surface area contributed by atoms with Crippen molar-refractivity contribution in [3.63, 3.8) is 0 Å². The molecule has 1 atom stereocenters. The van der Waals surface area contributed by atoms with Gasteiger partial charge < -0.3 is 5.32 Å². The van der Waals surface area contributed by atoms with Crippen LogP contribution in [0, 0.1) is 5.92 Å². The molecule has 112 valence electrons. The van der Waals surface area contributed by atoms with Crippen LogP contribution in [-0.4, -0.2) is 17.4 Å². The van der Waals surface area contributed by atoms with Crippen molar-refractivity contribution in [1.82, 2.24) is 0 Å². The second-order valence-electron chi connectivity index (χ2n) is 5.52. The molecule has 0 spiro atoms. The average molecular weight is 319 g/mol. The molecule has 1 saturated heterocycles. The zero-order valence-electron chi connectivity index (χ0n) is 12.1. The summed E-state index contributed by atoms with van der Waals surface area (Å²) < 4.78 is 0.521. The molecule has 0 radical (unpaired) electrons. The predicted molar refractivity (Wildman–Crippen MR) is 93.8 cm³/mol. The number of carbonyl (C=O) groups excluding carboxylic acids is 1. The van der Waals surface area contributed by atoms with E-state index in [1.165, 1.54) is 23.5 Å². The predicted octanol–water partition coefficient (Wildman–Crippen LogP) is 4.85. The second-order valence-corrected chi connectivity index (χ2v) is 8.25. The molecular weight excluding hydrogens is 298 g/mol. The lowest BCUT2D eigenvalue weighted by molar-refractivity contribution is -0.120. The highest BCUT2D eigenvalue weighted by molar-refractivity contribution is 8.16. The Balaban J connectivity index is 1.65. The van der Waals surface area contributed by atoms with Crippen LogP contribution in [0.5, 0.6) is 0 Å². The monoisotopic (exact) mass is 319 g/mol. The van der Waals surface area contributed by atoms with E-state index in [1.807, 2.05) is 29.6 Å². The molecule has 4 heteroatoms. The Morgan fingerprint density at radius 3 is 2.81 bits per heavy atom. The lowest BCUT2D eigenvalue weighted by atomic mass is 9.93. The van der Waals surface area contributed by atoms with Gasteiger partial charge >= 0.3 is 0 Å². The van der Waals surface area contributed by atoms with Crippen molar-refractivity contribution < 1.29 is 4.79 Å². The minimum atomic E-state index is 0.136. The number of hydrogen-bond acceptors (Lipinski definition) is 3. The molecule has 1 N–H and O–H groups in total.